The number of hydrogen-bond donors (Lipinski definition) is 3. The number of hydrogen-bond acceptors (Lipinski definition) is 5. The zero-order chi connectivity index (χ0) is 26.7. The minimum absolute atomic E-state index is 0.254. The maximum absolute atomic E-state index is 12.6. The highest BCUT2D eigenvalue weighted by atomic mass is 16.6. The summed E-state index contributed by atoms with van der Waals surface area (Å²) in [6, 6.07) is 23.3. The molecule has 0 bridgehead atoms. The SMILES string of the molecule is CCC[C@H](NC(=O)C1O[C@H]1C(=O)NCCc1ccc(-c2ccccc2)cc1)C(=O)NCCc1ccccn1. The lowest BCUT2D eigenvalue weighted by atomic mass is 10.0. The van der Waals surface area contributed by atoms with Crippen molar-refractivity contribution in [3.05, 3.63) is 90.3 Å². The second-order valence-electron chi connectivity index (χ2n) is 9.29. The van der Waals surface area contributed by atoms with E-state index in [9.17, 15) is 14.4 Å². The molecule has 198 valence electrons. The van der Waals surface area contributed by atoms with Crippen molar-refractivity contribution in [2.45, 2.75) is 50.9 Å². The van der Waals surface area contributed by atoms with Crippen LogP contribution in [0.4, 0.5) is 0 Å². The largest absolute Gasteiger partial charge is 0.354 e. The van der Waals surface area contributed by atoms with E-state index in [-0.39, 0.29) is 11.8 Å². The number of benzene rings is 2. The van der Waals surface area contributed by atoms with Crippen molar-refractivity contribution in [2.24, 2.45) is 0 Å². The summed E-state index contributed by atoms with van der Waals surface area (Å²) in [6.07, 6.45) is 2.49. The Morgan fingerprint density at radius 3 is 2.21 bits per heavy atom. The number of epoxide rings is 1. The monoisotopic (exact) mass is 514 g/mol. The average molecular weight is 515 g/mol. The third-order valence-corrected chi connectivity index (χ3v) is 6.40. The number of pyridine rings is 1. The van der Waals surface area contributed by atoms with E-state index in [1.165, 1.54) is 0 Å². The van der Waals surface area contributed by atoms with Crippen LogP contribution in [0.15, 0.2) is 79.0 Å². The lowest BCUT2D eigenvalue weighted by Crippen LogP contribution is -2.49. The van der Waals surface area contributed by atoms with Gasteiger partial charge in [-0.1, -0.05) is 74.0 Å². The van der Waals surface area contributed by atoms with E-state index in [0.29, 0.717) is 32.4 Å². The summed E-state index contributed by atoms with van der Waals surface area (Å²) >= 11 is 0. The Labute approximate surface area is 223 Å². The number of aromatic nitrogens is 1. The molecule has 2 heterocycles. The van der Waals surface area contributed by atoms with Crippen LogP contribution in [0.1, 0.15) is 31.0 Å². The fourth-order valence-electron chi connectivity index (χ4n) is 4.23. The zero-order valence-corrected chi connectivity index (χ0v) is 21.6. The minimum Gasteiger partial charge on any atom is -0.354 e. The van der Waals surface area contributed by atoms with Crippen molar-refractivity contribution in [2.75, 3.05) is 13.1 Å². The molecule has 1 saturated heterocycles. The number of carbonyl (C=O) groups is 3. The molecule has 1 aliphatic rings. The standard InChI is InChI=1S/C30H34N4O4/c1-2-8-25(28(35)32-20-17-24-11-6-7-18-31-24)34-30(37)27-26(38-27)29(36)33-19-16-21-12-14-23(15-13-21)22-9-4-3-5-10-22/h3-7,9-15,18,25-27H,2,8,16-17,19-20H2,1H3,(H,32,35)(H,33,36)(H,34,37)/t25-,26+,27?/m0/s1. The highest BCUT2D eigenvalue weighted by Gasteiger charge is 2.50. The molecule has 1 aliphatic heterocycles. The molecule has 1 aromatic heterocycles. The van der Waals surface area contributed by atoms with Gasteiger partial charge in [0.15, 0.2) is 12.2 Å². The molecule has 4 rings (SSSR count). The van der Waals surface area contributed by atoms with Crippen LogP contribution < -0.4 is 16.0 Å². The van der Waals surface area contributed by atoms with Gasteiger partial charge in [-0.3, -0.25) is 19.4 Å². The van der Waals surface area contributed by atoms with Crippen LogP contribution in [-0.2, 0) is 32.0 Å². The molecule has 8 heteroatoms. The van der Waals surface area contributed by atoms with Crippen LogP contribution in [0.5, 0.6) is 0 Å². The van der Waals surface area contributed by atoms with Gasteiger partial charge in [-0.2, -0.15) is 0 Å². The molecule has 3 N–H and O–H groups in total. The molecule has 1 unspecified atom stereocenters. The molecule has 0 aliphatic carbocycles. The normalized spacial score (nSPS) is 16.8. The molecular formula is C30H34N4O4. The van der Waals surface area contributed by atoms with Crippen molar-refractivity contribution >= 4 is 17.7 Å². The first-order valence-electron chi connectivity index (χ1n) is 13.1. The predicted molar refractivity (Wildman–Crippen MR) is 145 cm³/mol. The minimum atomic E-state index is -0.874. The van der Waals surface area contributed by atoms with Crippen molar-refractivity contribution in [1.29, 1.82) is 0 Å². The van der Waals surface area contributed by atoms with Gasteiger partial charge in [-0.05, 0) is 41.7 Å². The van der Waals surface area contributed by atoms with E-state index >= 15 is 0 Å². The quantitative estimate of drug-likeness (QED) is 0.304. The van der Waals surface area contributed by atoms with Crippen LogP contribution >= 0.6 is 0 Å². The van der Waals surface area contributed by atoms with Gasteiger partial charge in [0.2, 0.25) is 5.91 Å². The Balaban J connectivity index is 1.17. The lowest BCUT2D eigenvalue weighted by Gasteiger charge is -2.17. The third-order valence-electron chi connectivity index (χ3n) is 6.40. The topological polar surface area (TPSA) is 113 Å². The highest BCUT2D eigenvalue weighted by Crippen LogP contribution is 2.23. The molecule has 3 atom stereocenters. The van der Waals surface area contributed by atoms with Gasteiger partial charge < -0.3 is 20.7 Å². The molecule has 2 aromatic carbocycles. The number of nitrogens with zero attached hydrogens (tertiary/aromatic N) is 1. The van der Waals surface area contributed by atoms with E-state index in [2.05, 4.69) is 45.2 Å². The second-order valence-corrected chi connectivity index (χ2v) is 9.29. The Morgan fingerprint density at radius 1 is 0.816 bits per heavy atom. The number of ether oxygens (including phenoxy) is 1. The van der Waals surface area contributed by atoms with E-state index in [4.69, 9.17) is 4.74 Å². The average Bonchev–Trinajstić information content (AvgIpc) is 3.76. The van der Waals surface area contributed by atoms with E-state index in [0.717, 1.165) is 28.8 Å². The summed E-state index contributed by atoms with van der Waals surface area (Å²) < 4.78 is 5.34. The van der Waals surface area contributed by atoms with E-state index in [1.807, 2.05) is 55.5 Å². The van der Waals surface area contributed by atoms with Crippen LogP contribution in [-0.4, -0.2) is 54.0 Å². The highest BCUT2D eigenvalue weighted by molar-refractivity contribution is 5.97. The summed E-state index contributed by atoms with van der Waals surface area (Å²) in [4.78, 5) is 42.0. The summed E-state index contributed by atoms with van der Waals surface area (Å²) in [5.74, 6) is -1.02. The maximum atomic E-state index is 12.6. The molecule has 3 amide bonds. The Morgan fingerprint density at radius 2 is 1.50 bits per heavy atom. The molecule has 0 saturated carbocycles. The number of rotatable bonds is 13. The predicted octanol–water partition coefficient (Wildman–Crippen LogP) is 2.82. The molecule has 1 fully saturated rings. The summed E-state index contributed by atoms with van der Waals surface area (Å²) in [7, 11) is 0. The molecule has 0 radical (unpaired) electrons. The Bertz CT molecular complexity index is 1200. The smallest absolute Gasteiger partial charge is 0.253 e. The Kier molecular flexibility index (Phi) is 9.59. The molecule has 3 aromatic rings. The maximum Gasteiger partial charge on any atom is 0.253 e. The van der Waals surface area contributed by atoms with E-state index in [1.54, 1.807) is 6.20 Å². The first kappa shape index (κ1) is 27.0. The van der Waals surface area contributed by atoms with Crippen LogP contribution in [0.3, 0.4) is 0 Å². The summed E-state index contributed by atoms with van der Waals surface area (Å²) in [5, 5.41) is 8.44. The second kappa shape index (κ2) is 13.5. The molecular weight excluding hydrogens is 480 g/mol. The van der Waals surface area contributed by atoms with Crippen molar-refractivity contribution < 1.29 is 19.1 Å². The first-order valence-corrected chi connectivity index (χ1v) is 13.1. The van der Waals surface area contributed by atoms with Gasteiger partial charge in [-0.15, -0.1) is 0 Å². The third kappa shape index (κ3) is 7.73. The zero-order valence-electron chi connectivity index (χ0n) is 21.6. The molecule has 8 nitrogen and oxygen atoms in total. The van der Waals surface area contributed by atoms with Crippen LogP contribution in [0.2, 0.25) is 0 Å². The van der Waals surface area contributed by atoms with Gasteiger partial charge >= 0.3 is 0 Å². The summed E-state index contributed by atoms with van der Waals surface area (Å²) in [5.41, 5.74) is 4.29. The van der Waals surface area contributed by atoms with Crippen molar-refractivity contribution in [1.82, 2.24) is 20.9 Å². The van der Waals surface area contributed by atoms with Gasteiger partial charge in [0.25, 0.3) is 11.8 Å². The van der Waals surface area contributed by atoms with E-state index < -0.39 is 24.2 Å². The van der Waals surface area contributed by atoms with Crippen molar-refractivity contribution in [3.8, 4) is 11.1 Å². The van der Waals surface area contributed by atoms with Crippen LogP contribution in [0.25, 0.3) is 11.1 Å². The van der Waals surface area contributed by atoms with Gasteiger partial charge in [0.1, 0.15) is 6.04 Å². The summed E-state index contributed by atoms with van der Waals surface area (Å²) in [6.45, 7) is 2.81. The molecule has 38 heavy (non-hydrogen) atoms. The van der Waals surface area contributed by atoms with Crippen LogP contribution in [0, 0.1) is 0 Å². The van der Waals surface area contributed by atoms with Crippen molar-refractivity contribution in [3.63, 3.8) is 0 Å². The van der Waals surface area contributed by atoms with Gasteiger partial charge in [-0.25, -0.2) is 0 Å². The fraction of sp³-hybridized carbons (Fsp3) is 0.333. The number of nitrogens with one attached hydrogen (secondary N) is 3. The number of amides is 3. The van der Waals surface area contributed by atoms with Gasteiger partial charge in [0, 0.05) is 31.4 Å². The Hall–Kier alpha value is -4.04. The lowest BCUT2D eigenvalue weighted by molar-refractivity contribution is -0.129. The number of carbonyl (C=O) groups excluding carboxylic acids is 3. The fourth-order valence-corrected chi connectivity index (χ4v) is 4.23. The molecule has 0 spiro atoms. The first-order chi connectivity index (χ1) is 18.5. The van der Waals surface area contributed by atoms with Gasteiger partial charge in [0.05, 0.1) is 0 Å².